The van der Waals surface area contributed by atoms with Crippen molar-refractivity contribution in [3.8, 4) is 0 Å². The van der Waals surface area contributed by atoms with Gasteiger partial charge in [0.15, 0.2) is 0 Å². The number of rotatable bonds is 4. The lowest BCUT2D eigenvalue weighted by Gasteiger charge is -2.27. The number of aryl methyl sites for hydroxylation is 2. The Morgan fingerprint density at radius 2 is 2.09 bits per heavy atom. The third-order valence-electron chi connectivity index (χ3n) is 4.10. The fraction of sp³-hybridized carbons (Fsp3) is 0.471. The average molecular weight is 330 g/mol. The zero-order valence-electron chi connectivity index (χ0n) is 13.6. The summed E-state index contributed by atoms with van der Waals surface area (Å²) >= 11 is 1.69. The van der Waals surface area contributed by atoms with Crippen molar-refractivity contribution >= 4 is 23.1 Å². The van der Waals surface area contributed by atoms with Crippen molar-refractivity contribution in [3.63, 3.8) is 0 Å². The number of carbonyl (C=O) groups is 1. The molecule has 0 aromatic carbocycles. The van der Waals surface area contributed by atoms with Crippen molar-refractivity contribution in [3.05, 3.63) is 39.5 Å². The summed E-state index contributed by atoms with van der Waals surface area (Å²) in [6, 6.07) is 3.67. The van der Waals surface area contributed by atoms with Gasteiger partial charge in [0.25, 0.3) is 5.91 Å². The van der Waals surface area contributed by atoms with Crippen LogP contribution in [0.3, 0.4) is 0 Å². The van der Waals surface area contributed by atoms with Crippen molar-refractivity contribution < 1.29 is 4.79 Å². The Hall–Kier alpha value is -1.95. The molecule has 0 spiro atoms. The Bertz CT molecular complexity index is 692. The third kappa shape index (κ3) is 3.69. The molecule has 1 aliphatic rings. The molecule has 0 aliphatic carbocycles. The summed E-state index contributed by atoms with van der Waals surface area (Å²) in [6.07, 6.45) is 5.11. The van der Waals surface area contributed by atoms with E-state index < -0.39 is 0 Å². The molecule has 1 N–H and O–H groups in total. The maximum Gasteiger partial charge on any atom is 0.257 e. The first-order chi connectivity index (χ1) is 11.1. The van der Waals surface area contributed by atoms with Gasteiger partial charge in [-0.15, -0.1) is 11.3 Å². The number of aromatic nitrogens is 2. The van der Waals surface area contributed by atoms with Crippen LogP contribution >= 0.6 is 11.3 Å². The zero-order valence-corrected chi connectivity index (χ0v) is 14.4. The molecular weight excluding hydrogens is 308 g/mol. The van der Waals surface area contributed by atoms with E-state index >= 15 is 0 Å². The summed E-state index contributed by atoms with van der Waals surface area (Å²) in [7, 11) is 0. The lowest BCUT2D eigenvalue weighted by molar-refractivity contribution is 0.0725. The molecule has 1 fully saturated rings. The van der Waals surface area contributed by atoms with E-state index in [4.69, 9.17) is 0 Å². The van der Waals surface area contributed by atoms with Crippen LogP contribution in [0.25, 0.3) is 0 Å². The molecule has 1 saturated heterocycles. The number of carbonyl (C=O) groups excluding carboxylic acids is 1. The van der Waals surface area contributed by atoms with Gasteiger partial charge in [-0.1, -0.05) is 0 Å². The van der Waals surface area contributed by atoms with Crippen LogP contribution in [-0.4, -0.2) is 33.9 Å². The molecule has 23 heavy (non-hydrogen) atoms. The van der Waals surface area contributed by atoms with Gasteiger partial charge in [-0.2, -0.15) is 0 Å². The molecule has 0 radical (unpaired) electrons. The van der Waals surface area contributed by atoms with E-state index in [1.54, 1.807) is 17.5 Å². The van der Waals surface area contributed by atoms with E-state index in [-0.39, 0.29) is 5.91 Å². The van der Waals surface area contributed by atoms with E-state index in [0.717, 1.165) is 36.6 Å². The van der Waals surface area contributed by atoms with Gasteiger partial charge in [0.05, 0.1) is 22.8 Å². The lowest BCUT2D eigenvalue weighted by atomic mass is 10.1. The predicted molar refractivity (Wildman–Crippen MR) is 92.9 cm³/mol. The largest absolute Gasteiger partial charge is 0.364 e. The minimum Gasteiger partial charge on any atom is -0.364 e. The highest BCUT2D eigenvalue weighted by molar-refractivity contribution is 7.11. The van der Waals surface area contributed by atoms with Crippen LogP contribution in [-0.2, 0) is 6.54 Å². The number of likely N-dealkylation sites (tertiary alicyclic amines) is 1. The molecule has 122 valence electrons. The van der Waals surface area contributed by atoms with Crippen molar-refractivity contribution in [2.24, 2.45) is 0 Å². The molecule has 2 aromatic rings. The van der Waals surface area contributed by atoms with Crippen molar-refractivity contribution in [1.29, 1.82) is 0 Å². The summed E-state index contributed by atoms with van der Waals surface area (Å²) in [6.45, 7) is 6.36. The van der Waals surface area contributed by atoms with E-state index in [1.165, 1.54) is 11.3 Å². The minimum atomic E-state index is 0.0754. The van der Waals surface area contributed by atoms with Gasteiger partial charge in [-0.05, 0) is 45.2 Å². The van der Waals surface area contributed by atoms with Gasteiger partial charge in [0, 0.05) is 24.2 Å². The number of nitrogens with zero attached hydrogens (tertiary/aromatic N) is 3. The molecule has 6 heteroatoms. The highest BCUT2D eigenvalue weighted by Crippen LogP contribution is 2.21. The van der Waals surface area contributed by atoms with Gasteiger partial charge in [0.2, 0.25) is 0 Å². The zero-order chi connectivity index (χ0) is 16.2. The molecule has 3 heterocycles. The Morgan fingerprint density at radius 1 is 1.30 bits per heavy atom. The van der Waals surface area contributed by atoms with Crippen molar-refractivity contribution in [1.82, 2.24) is 14.9 Å². The van der Waals surface area contributed by atoms with E-state index in [2.05, 4.69) is 22.2 Å². The van der Waals surface area contributed by atoms with Crippen LogP contribution in [0.4, 0.5) is 5.82 Å². The van der Waals surface area contributed by atoms with Crippen molar-refractivity contribution in [2.45, 2.75) is 39.7 Å². The molecule has 1 aliphatic heterocycles. The summed E-state index contributed by atoms with van der Waals surface area (Å²) in [4.78, 5) is 24.8. The van der Waals surface area contributed by atoms with Gasteiger partial charge in [-0.3, -0.25) is 4.79 Å². The van der Waals surface area contributed by atoms with Crippen LogP contribution in [0.15, 0.2) is 18.3 Å². The van der Waals surface area contributed by atoms with Crippen LogP contribution in [0.2, 0.25) is 0 Å². The number of piperidine rings is 1. The number of anilines is 1. The number of hydrogen-bond acceptors (Lipinski definition) is 5. The maximum absolute atomic E-state index is 12.7. The standard InChI is InChI=1S/C17H22N4OS/c1-12-15(20-13(2)23-12)11-19-16-14(7-6-8-18-16)17(22)21-9-4-3-5-10-21/h6-8H,3-5,9-11H2,1-2H3,(H,18,19). The number of thiazole rings is 1. The Labute approximate surface area is 140 Å². The molecule has 0 unspecified atom stereocenters. The molecule has 5 nitrogen and oxygen atoms in total. The second-order valence-electron chi connectivity index (χ2n) is 5.84. The summed E-state index contributed by atoms with van der Waals surface area (Å²) in [5.41, 5.74) is 1.67. The Morgan fingerprint density at radius 3 is 2.78 bits per heavy atom. The molecule has 2 aromatic heterocycles. The van der Waals surface area contributed by atoms with E-state index in [0.29, 0.717) is 17.9 Å². The number of pyridine rings is 1. The van der Waals surface area contributed by atoms with Crippen LogP contribution in [0.5, 0.6) is 0 Å². The molecule has 1 amide bonds. The van der Waals surface area contributed by atoms with Crippen LogP contribution in [0, 0.1) is 13.8 Å². The average Bonchev–Trinajstić information content (AvgIpc) is 2.91. The lowest BCUT2D eigenvalue weighted by Crippen LogP contribution is -2.36. The second kappa shape index (κ2) is 7.08. The molecule has 3 rings (SSSR count). The first kappa shape index (κ1) is 15.9. The summed E-state index contributed by atoms with van der Waals surface area (Å²) in [5.74, 6) is 0.722. The number of hydrogen-bond donors (Lipinski definition) is 1. The smallest absolute Gasteiger partial charge is 0.257 e. The molecule has 0 bridgehead atoms. The second-order valence-corrected chi connectivity index (χ2v) is 7.25. The fourth-order valence-electron chi connectivity index (χ4n) is 2.89. The fourth-order valence-corrected chi connectivity index (χ4v) is 3.72. The Balaban J connectivity index is 1.75. The first-order valence-corrected chi connectivity index (χ1v) is 8.88. The summed E-state index contributed by atoms with van der Waals surface area (Å²) in [5, 5.41) is 4.35. The van der Waals surface area contributed by atoms with Gasteiger partial charge in [0.1, 0.15) is 5.82 Å². The SMILES string of the molecule is Cc1nc(CNc2ncccc2C(=O)N2CCCCC2)c(C)s1. The number of nitrogens with one attached hydrogen (secondary N) is 1. The normalized spacial score (nSPS) is 14.8. The van der Waals surface area contributed by atoms with E-state index in [9.17, 15) is 4.79 Å². The highest BCUT2D eigenvalue weighted by atomic mass is 32.1. The quantitative estimate of drug-likeness (QED) is 0.933. The topological polar surface area (TPSA) is 58.1 Å². The minimum absolute atomic E-state index is 0.0754. The first-order valence-electron chi connectivity index (χ1n) is 8.06. The highest BCUT2D eigenvalue weighted by Gasteiger charge is 2.21. The molecule has 0 atom stereocenters. The van der Waals surface area contributed by atoms with Gasteiger partial charge < -0.3 is 10.2 Å². The number of amides is 1. The third-order valence-corrected chi connectivity index (χ3v) is 5.03. The molecule has 0 saturated carbocycles. The maximum atomic E-state index is 12.7. The van der Waals surface area contributed by atoms with Gasteiger partial charge >= 0.3 is 0 Å². The monoisotopic (exact) mass is 330 g/mol. The van der Waals surface area contributed by atoms with E-state index in [1.807, 2.05) is 24.0 Å². The van der Waals surface area contributed by atoms with Crippen molar-refractivity contribution in [2.75, 3.05) is 18.4 Å². The van der Waals surface area contributed by atoms with Gasteiger partial charge in [-0.25, -0.2) is 9.97 Å². The molecular formula is C17H22N4OS. The summed E-state index contributed by atoms with van der Waals surface area (Å²) < 4.78 is 0. The Kier molecular flexibility index (Phi) is 4.91. The van der Waals surface area contributed by atoms with Crippen LogP contribution < -0.4 is 5.32 Å². The predicted octanol–water partition coefficient (Wildman–Crippen LogP) is 3.39. The van der Waals surface area contributed by atoms with Crippen LogP contribution in [0.1, 0.15) is 45.2 Å².